The molecular formula is C16H23ClN2O2. The summed E-state index contributed by atoms with van der Waals surface area (Å²) >= 11 is 0. The summed E-state index contributed by atoms with van der Waals surface area (Å²) in [5.74, 6) is 1.35. The first-order valence-electron chi connectivity index (χ1n) is 7.50. The van der Waals surface area contributed by atoms with Gasteiger partial charge in [0.1, 0.15) is 11.9 Å². The van der Waals surface area contributed by atoms with Crippen molar-refractivity contribution < 1.29 is 9.53 Å². The molecule has 1 aromatic rings. The van der Waals surface area contributed by atoms with Crippen molar-refractivity contribution >= 4 is 18.3 Å². The van der Waals surface area contributed by atoms with Gasteiger partial charge in [0.15, 0.2) is 0 Å². The van der Waals surface area contributed by atoms with E-state index in [0.29, 0.717) is 0 Å². The number of hydrogen-bond donors (Lipinski definition) is 2. The lowest BCUT2D eigenvalue weighted by atomic mass is 10.1. The number of hydrogen-bond acceptors (Lipinski definition) is 3. The van der Waals surface area contributed by atoms with E-state index in [-0.39, 0.29) is 36.4 Å². The van der Waals surface area contributed by atoms with Crippen LogP contribution in [0.4, 0.5) is 0 Å². The van der Waals surface area contributed by atoms with Crippen molar-refractivity contribution in [3.05, 3.63) is 29.8 Å². The third-order valence-corrected chi connectivity index (χ3v) is 4.00. The Hall–Kier alpha value is -1.26. The first-order chi connectivity index (χ1) is 9.72. The lowest BCUT2D eigenvalue weighted by Crippen LogP contribution is -2.27. The van der Waals surface area contributed by atoms with Crippen LogP contribution in [0.15, 0.2) is 24.3 Å². The molecule has 1 saturated heterocycles. The Labute approximate surface area is 132 Å². The monoisotopic (exact) mass is 310 g/mol. The van der Waals surface area contributed by atoms with Crippen LogP contribution in [0.3, 0.4) is 0 Å². The minimum Gasteiger partial charge on any atom is -0.489 e. The highest BCUT2D eigenvalue weighted by atomic mass is 35.5. The Balaban J connectivity index is 0.00000161. The average molecular weight is 311 g/mol. The fourth-order valence-electron chi connectivity index (χ4n) is 2.52. The van der Waals surface area contributed by atoms with Crippen LogP contribution in [-0.4, -0.2) is 25.1 Å². The molecule has 2 aliphatic rings. The van der Waals surface area contributed by atoms with Gasteiger partial charge < -0.3 is 15.4 Å². The quantitative estimate of drug-likeness (QED) is 0.878. The minimum absolute atomic E-state index is 0. The number of benzene rings is 1. The SMILES string of the molecule is C[C@H](NC(=O)C1CC1)c1ccc(OC2CCNC2)cc1.Cl. The molecule has 1 heterocycles. The van der Waals surface area contributed by atoms with Gasteiger partial charge in [-0.15, -0.1) is 12.4 Å². The number of nitrogens with one attached hydrogen (secondary N) is 2. The van der Waals surface area contributed by atoms with Crippen molar-refractivity contribution in [1.82, 2.24) is 10.6 Å². The zero-order chi connectivity index (χ0) is 13.9. The Morgan fingerprint density at radius 2 is 2.00 bits per heavy atom. The third kappa shape index (κ3) is 4.35. The summed E-state index contributed by atoms with van der Waals surface area (Å²) < 4.78 is 5.89. The Morgan fingerprint density at radius 3 is 2.57 bits per heavy atom. The van der Waals surface area contributed by atoms with E-state index < -0.39 is 0 Å². The van der Waals surface area contributed by atoms with Crippen LogP contribution in [0, 0.1) is 5.92 Å². The first kappa shape index (κ1) is 16.1. The average Bonchev–Trinajstić information content (AvgIpc) is 3.19. The molecule has 0 bridgehead atoms. The third-order valence-electron chi connectivity index (χ3n) is 4.00. The number of halogens is 1. The number of carbonyl (C=O) groups is 1. The molecule has 1 unspecified atom stereocenters. The predicted octanol–water partition coefficient (Wildman–Crippen LogP) is 2.44. The maximum atomic E-state index is 11.7. The van der Waals surface area contributed by atoms with Crippen molar-refractivity contribution in [2.45, 2.75) is 38.3 Å². The second-order valence-electron chi connectivity index (χ2n) is 5.81. The van der Waals surface area contributed by atoms with Gasteiger partial charge in [-0.25, -0.2) is 0 Å². The Bertz CT molecular complexity index is 468. The minimum atomic E-state index is 0. The molecule has 0 spiro atoms. The molecule has 1 aliphatic carbocycles. The van der Waals surface area contributed by atoms with Crippen LogP contribution in [0.1, 0.15) is 37.8 Å². The lowest BCUT2D eigenvalue weighted by molar-refractivity contribution is -0.122. The largest absolute Gasteiger partial charge is 0.489 e. The summed E-state index contributed by atoms with van der Waals surface area (Å²) in [5, 5.41) is 6.35. The predicted molar refractivity (Wildman–Crippen MR) is 84.9 cm³/mol. The van der Waals surface area contributed by atoms with Crippen LogP contribution < -0.4 is 15.4 Å². The first-order valence-corrected chi connectivity index (χ1v) is 7.50. The fraction of sp³-hybridized carbons (Fsp3) is 0.562. The molecule has 2 atom stereocenters. The molecule has 2 fully saturated rings. The van der Waals surface area contributed by atoms with Crippen LogP contribution in [0.25, 0.3) is 0 Å². The van der Waals surface area contributed by atoms with E-state index in [4.69, 9.17) is 4.74 Å². The van der Waals surface area contributed by atoms with Crippen molar-refractivity contribution in [2.75, 3.05) is 13.1 Å². The second-order valence-corrected chi connectivity index (χ2v) is 5.81. The highest BCUT2D eigenvalue weighted by Crippen LogP contribution is 2.30. The topological polar surface area (TPSA) is 50.4 Å². The van der Waals surface area contributed by atoms with Crippen molar-refractivity contribution in [3.8, 4) is 5.75 Å². The number of rotatable bonds is 5. The molecule has 5 heteroatoms. The summed E-state index contributed by atoms with van der Waals surface area (Å²) in [6.07, 6.45) is 3.43. The van der Waals surface area contributed by atoms with Crippen molar-refractivity contribution in [3.63, 3.8) is 0 Å². The van der Waals surface area contributed by atoms with E-state index in [2.05, 4.69) is 10.6 Å². The number of ether oxygens (including phenoxy) is 1. The van der Waals surface area contributed by atoms with Gasteiger partial charge >= 0.3 is 0 Å². The maximum absolute atomic E-state index is 11.7. The molecule has 0 aromatic heterocycles. The maximum Gasteiger partial charge on any atom is 0.223 e. The molecule has 1 amide bonds. The van der Waals surface area contributed by atoms with Crippen molar-refractivity contribution in [1.29, 1.82) is 0 Å². The number of amides is 1. The van der Waals surface area contributed by atoms with E-state index in [0.717, 1.165) is 43.7 Å². The van der Waals surface area contributed by atoms with Crippen LogP contribution >= 0.6 is 12.4 Å². The summed E-state index contributed by atoms with van der Waals surface area (Å²) in [4.78, 5) is 11.7. The van der Waals surface area contributed by atoms with Gasteiger partial charge in [0.25, 0.3) is 0 Å². The molecule has 1 saturated carbocycles. The fourth-order valence-corrected chi connectivity index (χ4v) is 2.52. The smallest absolute Gasteiger partial charge is 0.223 e. The highest BCUT2D eigenvalue weighted by Gasteiger charge is 2.30. The van der Waals surface area contributed by atoms with Crippen LogP contribution in [-0.2, 0) is 4.79 Å². The Kier molecular flexibility index (Phi) is 5.48. The zero-order valence-corrected chi connectivity index (χ0v) is 13.1. The van der Waals surface area contributed by atoms with E-state index in [1.807, 2.05) is 31.2 Å². The van der Waals surface area contributed by atoms with Gasteiger partial charge in [0, 0.05) is 12.5 Å². The summed E-state index contributed by atoms with van der Waals surface area (Å²) in [6.45, 7) is 3.99. The van der Waals surface area contributed by atoms with Gasteiger partial charge in [-0.3, -0.25) is 4.79 Å². The van der Waals surface area contributed by atoms with Gasteiger partial charge in [0.2, 0.25) is 5.91 Å². The van der Waals surface area contributed by atoms with Gasteiger partial charge in [-0.05, 0) is 50.4 Å². The van der Waals surface area contributed by atoms with Gasteiger partial charge in [-0.2, -0.15) is 0 Å². The molecule has 21 heavy (non-hydrogen) atoms. The molecule has 4 nitrogen and oxygen atoms in total. The number of carbonyl (C=O) groups excluding carboxylic acids is 1. The summed E-state index contributed by atoms with van der Waals surface area (Å²) in [5.41, 5.74) is 1.12. The summed E-state index contributed by atoms with van der Waals surface area (Å²) in [6, 6.07) is 8.12. The van der Waals surface area contributed by atoms with Crippen molar-refractivity contribution in [2.24, 2.45) is 5.92 Å². The van der Waals surface area contributed by atoms with Gasteiger partial charge in [0.05, 0.1) is 6.04 Å². The highest BCUT2D eigenvalue weighted by molar-refractivity contribution is 5.85. The van der Waals surface area contributed by atoms with E-state index in [1.165, 1.54) is 0 Å². The molecule has 116 valence electrons. The molecular weight excluding hydrogens is 288 g/mol. The molecule has 3 rings (SSSR count). The standard InChI is InChI=1S/C16H22N2O2.ClH/c1-11(18-16(19)13-2-3-13)12-4-6-14(7-5-12)20-15-8-9-17-10-15;/h4-7,11,13,15,17H,2-3,8-10H2,1H3,(H,18,19);1H/t11-,15?;/m0./s1. The van der Waals surface area contributed by atoms with Crippen LogP contribution in [0.2, 0.25) is 0 Å². The van der Waals surface area contributed by atoms with E-state index >= 15 is 0 Å². The lowest BCUT2D eigenvalue weighted by Gasteiger charge is -2.16. The molecule has 1 aromatic carbocycles. The Morgan fingerprint density at radius 1 is 1.29 bits per heavy atom. The van der Waals surface area contributed by atoms with Gasteiger partial charge in [-0.1, -0.05) is 12.1 Å². The zero-order valence-electron chi connectivity index (χ0n) is 12.3. The van der Waals surface area contributed by atoms with Crippen LogP contribution in [0.5, 0.6) is 5.75 Å². The van der Waals surface area contributed by atoms with E-state index in [9.17, 15) is 4.79 Å². The van der Waals surface area contributed by atoms with E-state index in [1.54, 1.807) is 0 Å². The summed E-state index contributed by atoms with van der Waals surface area (Å²) in [7, 11) is 0. The second kappa shape index (κ2) is 7.14. The molecule has 0 radical (unpaired) electrons. The molecule has 2 N–H and O–H groups in total. The normalized spacial score (nSPS) is 22.2. The molecule has 1 aliphatic heterocycles.